The molecule has 3 heterocycles. The molecule has 1 aliphatic heterocycles. The Hall–Kier alpha value is -5.52. The average Bonchev–Trinajstić information content (AvgIpc) is 3.56. The monoisotopic (exact) mass is 703 g/mol. The smallest absolute Gasteiger partial charge is 0.408 e. The van der Waals surface area contributed by atoms with Crippen molar-refractivity contribution in [2.24, 2.45) is 0 Å². The molecule has 50 heavy (non-hydrogen) atoms. The van der Waals surface area contributed by atoms with E-state index in [2.05, 4.69) is 15.6 Å². The number of nitrogens with one attached hydrogen (secondary N) is 4. The number of nitrogens with zero attached hydrogens (tertiary/aromatic N) is 1. The van der Waals surface area contributed by atoms with Crippen molar-refractivity contribution in [3.63, 3.8) is 0 Å². The van der Waals surface area contributed by atoms with Crippen molar-refractivity contribution < 1.29 is 52.0 Å². The predicted molar refractivity (Wildman–Crippen MR) is 170 cm³/mol. The van der Waals surface area contributed by atoms with Gasteiger partial charge in [0.25, 0.3) is 5.56 Å². The highest BCUT2D eigenvalue weighted by molar-refractivity contribution is 5.88. The van der Waals surface area contributed by atoms with Crippen LogP contribution in [-0.4, -0.2) is 87.0 Å². The minimum atomic E-state index is -1.72. The Balaban J connectivity index is 1.75. The Labute approximate surface area is 283 Å². The van der Waals surface area contributed by atoms with Crippen LogP contribution in [-0.2, 0) is 49.3 Å². The van der Waals surface area contributed by atoms with Crippen LogP contribution in [0.1, 0.15) is 53.3 Å². The molecule has 0 bridgehead atoms. The van der Waals surface area contributed by atoms with Crippen LogP contribution < -0.4 is 21.9 Å². The molecule has 270 valence electrons. The number of hydrogen-bond donors (Lipinski definition) is 4. The van der Waals surface area contributed by atoms with Gasteiger partial charge >= 0.3 is 29.7 Å². The van der Waals surface area contributed by atoms with Crippen LogP contribution in [0.25, 0.3) is 10.9 Å². The van der Waals surface area contributed by atoms with Gasteiger partial charge in [-0.05, 0) is 32.4 Å². The van der Waals surface area contributed by atoms with Gasteiger partial charge in [-0.25, -0.2) is 9.59 Å². The van der Waals surface area contributed by atoms with Crippen molar-refractivity contribution in [2.75, 3.05) is 6.61 Å². The van der Waals surface area contributed by atoms with Crippen LogP contribution in [0, 0.1) is 5.82 Å². The fraction of sp³-hybridized carbons (Fsp3) is 0.469. The second kappa shape index (κ2) is 15.4. The molecule has 4 N–H and O–H groups in total. The zero-order chi connectivity index (χ0) is 36.9. The zero-order valence-electron chi connectivity index (χ0n) is 28.1. The van der Waals surface area contributed by atoms with Crippen LogP contribution in [0.2, 0.25) is 0 Å². The molecular formula is C32H38FN5O12. The standard InChI is InChI=1S/C32H38FN5O12/c1-15(39)46-14-23(24-25(47-16(2)40)26(48-17(3)41)29(49-24)38-13-20(33)27(42)37-30(38)44)35-28(43)22(36-31(45)50-32(4,5)6)11-18-12-34-21-10-8-7-9-19(18)21/h7-10,12-13,22-26,29,34H,11,14H2,1-6H3,(H,35,43)(H,36,45)(H,37,42,44)/t22-,23-,24-,25-,26-,29-/m0/s1. The maximum atomic E-state index is 14.4. The highest BCUT2D eigenvalue weighted by Crippen LogP contribution is 2.35. The number of ether oxygens (including phenoxy) is 5. The molecular weight excluding hydrogens is 665 g/mol. The van der Waals surface area contributed by atoms with Crippen LogP contribution in [0.5, 0.6) is 0 Å². The molecule has 3 aromatic rings. The topological polar surface area (TPSA) is 226 Å². The third kappa shape index (κ3) is 9.34. The van der Waals surface area contributed by atoms with E-state index >= 15 is 0 Å². The number of rotatable bonds is 11. The van der Waals surface area contributed by atoms with Crippen molar-refractivity contribution in [1.29, 1.82) is 0 Å². The Bertz CT molecular complexity index is 1880. The first-order valence-electron chi connectivity index (χ1n) is 15.4. The Morgan fingerprint density at radius 3 is 2.28 bits per heavy atom. The fourth-order valence-corrected chi connectivity index (χ4v) is 5.39. The van der Waals surface area contributed by atoms with E-state index in [1.54, 1.807) is 38.0 Å². The number of alkyl carbamates (subject to hydrolysis) is 1. The predicted octanol–water partition coefficient (Wildman–Crippen LogP) is 1.10. The van der Waals surface area contributed by atoms with E-state index in [4.69, 9.17) is 23.7 Å². The number of para-hydroxylation sites is 1. The van der Waals surface area contributed by atoms with Gasteiger partial charge in [0, 0.05) is 44.3 Å². The summed E-state index contributed by atoms with van der Waals surface area (Å²) in [4.78, 5) is 92.8. The number of fused-ring (bicyclic) bond motifs is 1. The van der Waals surface area contributed by atoms with Gasteiger partial charge in [-0.1, -0.05) is 18.2 Å². The number of aromatic amines is 2. The summed E-state index contributed by atoms with van der Waals surface area (Å²) in [5, 5.41) is 5.98. The van der Waals surface area contributed by atoms with Gasteiger partial charge in [-0.3, -0.25) is 33.5 Å². The van der Waals surface area contributed by atoms with Crippen LogP contribution >= 0.6 is 0 Å². The number of halogens is 1. The van der Waals surface area contributed by atoms with Crippen molar-refractivity contribution in [3.8, 4) is 0 Å². The molecule has 0 unspecified atom stereocenters. The van der Waals surface area contributed by atoms with Crippen molar-refractivity contribution in [3.05, 3.63) is 68.9 Å². The summed E-state index contributed by atoms with van der Waals surface area (Å²) in [5.41, 5.74) is -2.00. The van der Waals surface area contributed by atoms with Crippen molar-refractivity contribution in [2.45, 2.75) is 90.2 Å². The minimum Gasteiger partial charge on any atom is -0.464 e. The van der Waals surface area contributed by atoms with E-state index in [1.807, 2.05) is 18.2 Å². The first kappa shape index (κ1) is 37.3. The summed E-state index contributed by atoms with van der Waals surface area (Å²) in [5.74, 6) is -4.81. The molecule has 2 amide bonds. The molecule has 18 heteroatoms. The number of hydrogen-bond acceptors (Lipinski definition) is 12. The maximum absolute atomic E-state index is 14.4. The Morgan fingerprint density at radius 2 is 1.64 bits per heavy atom. The SMILES string of the molecule is CC(=O)OC[C@H](NC(=O)[C@H](Cc1c[nH]c2ccccc12)NC(=O)OC(C)(C)C)[C@@H]1O[C@H](n2cc(F)c(=O)[nH]c2=O)[C@@H](OC(C)=O)[C@H]1OC(C)=O. The highest BCUT2D eigenvalue weighted by atomic mass is 19.1. The second-order valence-electron chi connectivity index (χ2n) is 12.5. The number of benzene rings is 1. The molecule has 1 aromatic carbocycles. The average molecular weight is 704 g/mol. The second-order valence-corrected chi connectivity index (χ2v) is 12.5. The number of carbonyl (C=O) groups excluding carboxylic acids is 5. The summed E-state index contributed by atoms with van der Waals surface area (Å²) >= 11 is 0. The highest BCUT2D eigenvalue weighted by Gasteiger charge is 2.54. The van der Waals surface area contributed by atoms with E-state index < -0.39 is 95.8 Å². The molecule has 6 atom stereocenters. The lowest BCUT2D eigenvalue weighted by Gasteiger charge is -2.30. The van der Waals surface area contributed by atoms with E-state index in [-0.39, 0.29) is 6.42 Å². The van der Waals surface area contributed by atoms with E-state index in [9.17, 15) is 38.0 Å². The summed E-state index contributed by atoms with van der Waals surface area (Å²) in [6.45, 7) is 7.44. The molecule has 0 saturated carbocycles. The molecule has 4 rings (SSSR count). The normalized spacial score (nSPS) is 20.0. The first-order chi connectivity index (χ1) is 23.4. The lowest BCUT2D eigenvalue weighted by Crippen LogP contribution is -2.57. The van der Waals surface area contributed by atoms with Crippen LogP contribution in [0.4, 0.5) is 9.18 Å². The number of H-pyrrole nitrogens is 2. The zero-order valence-corrected chi connectivity index (χ0v) is 28.1. The quantitative estimate of drug-likeness (QED) is 0.163. The molecule has 17 nitrogen and oxygen atoms in total. The largest absolute Gasteiger partial charge is 0.464 e. The summed E-state index contributed by atoms with van der Waals surface area (Å²) in [6.07, 6.45) is -5.27. The first-order valence-corrected chi connectivity index (χ1v) is 15.4. The third-order valence-corrected chi connectivity index (χ3v) is 7.32. The Kier molecular flexibility index (Phi) is 11.5. The lowest BCUT2D eigenvalue weighted by molar-refractivity contribution is -0.166. The van der Waals surface area contributed by atoms with Gasteiger partial charge in [0.2, 0.25) is 11.7 Å². The van der Waals surface area contributed by atoms with Gasteiger partial charge < -0.3 is 39.3 Å². The van der Waals surface area contributed by atoms with E-state index in [1.165, 1.54) is 0 Å². The Morgan fingerprint density at radius 1 is 0.980 bits per heavy atom. The van der Waals surface area contributed by atoms with Gasteiger partial charge in [-0.2, -0.15) is 4.39 Å². The summed E-state index contributed by atoms with van der Waals surface area (Å²) in [7, 11) is 0. The van der Waals surface area contributed by atoms with Crippen LogP contribution in [0.15, 0.2) is 46.2 Å². The molecule has 1 fully saturated rings. The molecule has 0 aliphatic carbocycles. The molecule has 0 radical (unpaired) electrons. The fourth-order valence-electron chi connectivity index (χ4n) is 5.39. The lowest BCUT2D eigenvalue weighted by atomic mass is 10.0. The van der Waals surface area contributed by atoms with E-state index in [0.717, 1.165) is 31.7 Å². The molecule has 1 aliphatic rings. The number of esters is 3. The van der Waals surface area contributed by atoms with Gasteiger partial charge in [0.05, 0.1) is 12.2 Å². The molecule has 1 saturated heterocycles. The number of aromatic nitrogens is 3. The van der Waals surface area contributed by atoms with Crippen molar-refractivity contribution >= 4 is 40.8 Å². The molecule has 0 spiro atoms. The summed E-state index contributed by atoms with van der Waals surface area (Å²) < 4.78 is 42.4. The maximum Gasteiger partial charge on any atom is 0.408 e. The summed E-state index contributed by atoms with van der Waals surface area (Å²) in [6, 6.07) is 4.54. The minimum absolute atomic E-state index is 0.0565. The van der Waals surface area contributed by atoms with Crippen LogP contribution in [0.3, 0.4) is 0 Å². The van der Waals surface area contributed by atoms with Gasteiger partial charge in [0.15, 0.2) is 18.4 Å². The van der Waals surface area contributed by atoms with Crippen molar-refractivity contribution in [1.82, 2.24) is 25.2 Å². The molecule has 2 aromatic heterocycles. The van der Waals surface area contributed by atoms with Gasteiger partial charge in [-0.15, -0.1) is 0 Å². The third-order valence-electron chi connectivity index (χ3n) is 7.32. The number of carbonyl (C=O) groups is 5. The van der Waals surface area contributed by atoms with E-state index in [0.29, 0.717) is 16.3 Å². The van der Waals surface area contributed by atoms with Gasteiger partial charge in [0.1, 0.15) is 24.4 Å². The number of amides is 2.